The lowest BCUT2D eigenvalue weighted by Crippen LogP contribution is -2.36. The van der Waals surface area contributed by atoms with Gasteiger partial charge in [-0.2, -0.15) is 0 Å². The molecule has 0 aromatic heterocycles. The van der Waals surface area contributed by atoms with Gasteiger partial charge in [-0.1, -0.05) is 6.07 Å². The fourth-order valence-electron chi connectivity index (χ4n) is 2.72. The van der Waals surface area contributed by atoms with E-state index in [2.05, 4.69) is 4.90 Å². The van der Waals surface area contributed by atoms with Crippen molar-refractivity contribution in [2.24, 2.45) is 5.73 Å². The Labute approximate surface area is 114 Å². The third-order valence-electron chi connectivity index (χ3n) is 3.76. The van der Waals surface area contributed by atoms with Crippen LogP contribution in [0.2, 0.25) is 0 Å². The minimum absolute atomic E-state index is 0.247. The fourth-order valence-corrected chi connectivity index (χ4v) is 2.72. The third kappa shape index (κ3) is 3.67. The number of likely N-dealkylation sites (tertiary alicyclic amines) is 1. The Bertz CT molecular complexity index is 403. The van der Waals surface area contributed by atoms with E-state index in [9.17, 15) is 4.39 Å². The lowest BCUT2D eigenvalue weighted by atomic mass is 9.89. The maximum absolute atomic E-state index is 13.8. The second-order valence-corrected chi connectivity index (χ2v) is 5.03. The summed E-state index contributed by atoms with van der Waals surface area (Å²) in [6, 6.07) is 5.38. The maximum Gasteiger partial charge on any atom is 0.165 e. The van der Waals surface area contributed by atoms with Gasteiger partial charge in [0.2, 0.25) is 0 Å². The molecule has 0 unspecified atom stereocenters. The van der Waals surface area contributed by atoms with Crippen LogP contribution in [0.3, 0.4) is 0 Å². The molecule has 3 nitrogen and oxygen atoms in total. The number of hydrogen-bond donors (Lipinski definition) is 1. The Balaban J connectivity index is 1.97. The number of nitrogens with two attached hydrogens (primary N) is 1. The minimum Gasteiger partial charge on any atom is -0.491 e. The zero-order valence-corrected chi connectivity index (χ0v) is 11.6. The molecule has 1 aromatic rings. The van der Waals surface area contributed by atoms with Crippen LogP contribution in [0, 0.1) is 5.82 Å². The molecule has 1 aliphatic rings. The van der Waals surface area contributed by atoms with E-state index in [0.29, 0.717) is 24.8 Å². The van der Waals surface area contributed by atoms with Crippen molar-refractivity contribution in [3.63, 3.8) is 0 Å². The Hall–Kier alpha value is -1.13. The Morgan fingerprint density at radius 3 is 2.68 bits per heavy atom. The van der Waals surface area contributed by atoms with Crippen molar-refractivity contribution in [3.05, 3.63) is 29.6 Å². The number of hydrogen-bond acceptors (Lipinski definition) is 3. The van der Waals surface area contributed by atoms with Crippen LogP contribution in [0.5, 0.6) is 5.75 Å². The van der Waals surface area contributed by atoms with E-state index >= 15 is 0 Å². The molecule has 0 bridgehead atoms. The second kappa shape index (κ2) is 6.87. The van der Waals surface area contributed by atoms with E-state index in [-0.39, 0.29) is 5.82 Å². The van der Waals surface area contributed by atoms with E-state index in [4.69, 9.17) is 10.5 Å². The number of ether oxygens (including phenoxy) is 1. The molecule has 1 aromatic carbocycles. The zero-order valence-electron chi connectivity index (χ0n) is 11.6. The minimum atomic E-state index is -0.247. The van der Waals surface area contributed by atoms with Crippen molar-refractivity contribution < 1.29 is 9.13 Å². The summed E-state index contributed by atoms with van der Waals surface area (Å²) in [6.45, 7) is 6.13. The number of benzene rings is 1. The lowest BCUT2D eigenvalue weighted by Gasteiger charge is -2.31. The highest BCUT2D eigenvalue weighted by atomic mass is 19.1. The highest BCUT2D eigenvalue weighted by molar-refractivity contribution is 5.31. The first-order valence-electron chi connectivity index (χ1n) is 7.09. The van der Waals surface area contributed by atoms with Gasteiger partial charge in [-0.15, -0.1) is 0 Å². The zero-order chi connectivity index (χ0) is 13.7. The van der Waals surface area contributed by atoms with E-state index in [1.54, 1.807) is 12.1 Å². The van der Waals surface area contributed by atoms with Gasteiger partial charge in [0, 0.05) is 13.1 Å². The molecule has 0 aliphatic carbocycles. The number of piperidine rings is 1. The highest BCUT2D eigenvalue weighted by Gasteiger charge is 2.21. The van der Waals surface area contributed by atoms with Crippen LogP contribution in [0.15, 0.2) is 18.2 Å². The number of halogens is 1. The van der Waals surface area contributed by atoms with Crippen LogP contribution in [0.1, 0.15) is 31.2 Å². The summed E-state index contributed by atoms with van der Waals surface area (Å²) >= 11 is 0. The van der Waals surface area contributed by atoms with Gasteiger partial charge < -0.3 is 15.4 Å². The first-order chi connectivity index (χ1) is 9.24. The van der Waals surface area contributed by atoms with Gasteiger partial charge in [0.25, 0.3) is 0 Å². The molecule has 4 heteroatoms. The Morgan fingerprint density at radius 2 is 2.11 bits per heavy atom. The van der Waals surface area contributed by atoms with Crippen molar-refractivity contribution >= 4 is 0 Å². The van der Waals surface area contributed by atoms with Crippen molar-refractivity contribution in [2.75, 3.05) is 32.8 Å². The standard InChI is InChI=1S/C15H23FN2O/c1-2-19-15-4-3-13(11-14(15)16)12-5-8-18(9-6-12)10-7-17/h3-4,11-12H,2,5-10,17H2,1H3. The second-order valence-electron chi connectivity index (χ2n) is 5.03. The van der Waals surface area contributed by atoms with E-state index in [1.165, 1.54) is 0 Å². The summed E-state index contributed by atoms with van der Waals surface area (Å²) in [7, 11) is 0. The van der Waals surface area contributed by atoms with Gasteiger partial charge in [0.05, 0.1) is 6.61 Å². The molecular weight excluding hydrogens is 243 g/mol. The largest absolute Gasteiger partial charge is 0.491 e. The first kappa shape index (κ1) is 14.3. The number of rotatable bonds is 5. The molecular formula is C15H23FN2O. The molecule has 0 saturated carbocycles. The molecule has 0 radical (unpaired) electrons. The topological polar surface area (TPSA) is 38.5 Å². The normalized spacial score (nSPS) is 17.6. The smallest absolute Gasteiger partial charge is 0.165 e. The maximum atomic E-state index is 13.8. The summed E-state index contributed by atoms with van der Waals surface area (Å²) in [6.07, 6.45) is 2.15. The molecule has 1 aliphatic heterocycles. The molecule has 106 valence electrons. The Morgan fingerprint density at radius 1 is 1.37 bits per heavy atom. The van der Waals surface area contributed by atoms with E-state index in [1.807, 2.05) is 13.0 Å². The predicted octanol–water partition coefficient (Wildman–Crippen LogP) is 2.36. The third-order valence-corrected chi connectivity index (χ3v) is 3.76. The average Bonchev–Trinajstić information content (AvgIpc) is 2.43. The number of nitrogens with zero attached hydrogens (tertiary/aromatic N) is 1. The molecule has 2 rings (SSSR count). The van der Waals surface area contributed by atoms with Gasteiger partial charge >= 0.3 is 0 Å². The SMILES string of the molecule is CCOc1ccc(C2CCN(CCN)CC2)cc1F. The van der Waals surface area contributed by atoms with Crippen molar-refractivity contribution in [1.29, 1.82) is 0 Å². The fraction of sp³-hybridized carbons (Fsp3) is 0.600. The molecule has 0 amide bonds. The average molecular weight is 266 g/mol. The summed E-state index contributed by atoms with van der Waals surface area (Å²) in [4.78, 5) is 2.38. The van der Waals surface area contributed by atoms with Gasteiger partial charge in [0.15, 0.2) is 11.6 Å². The van der Waals surface area contributed by atoms with Gasteiger partial charge in [-0.25, -0.2) is 4.39 Å². The molecule has 2 N–H and O–H groups in total. The molecule has 1 fully saturated rings. The lowest BCUT2D eigenvalue weighted by molar-refractivity contribution is 0.217. The molecule has 1 heterocycles. The predicted molar refractivity (Wildman–Crippen MR) is 75.0 cm³/mol. The van der Waals surface area contributed by atoms with Gasteiger partial charge in [-0.3, -0.25) is 0 Å². The highest BCUT2D eigenvalue weighted by Crippen LogP contribution is 2.30. The molecule has 19 heavy (non-hydrogen) atoms. The summed E-state index contributed by atoms with van der Waals surface area (Å²) in [5.41, 5.74) is 6.66. The van der Waals surface area contributed by atoms with Crippen LogP contribution in [-0.4, -0.2) is 37.7 Å². The molecule has 0 spiro atoms. The van der Waals surface area contributed by atoms with Crippen molar-refractivity contribution in [2.45, 2.75) is 25.7 Å². The summed E-state index contributed by atoms with van der Waals surface area (Å²) in [5, 5.41) is 0. The van der Waals surface area contributed by atoms with Gasteiger partial charge in [0.1, 0.15) is 0 Å². The Kier molecular flexibility index (Phi) is 5.16. The van der Waals surface area contributed by atoms with E-state index in [0.717, 1.165) is 38.0 Å². The first-order valence-corrected chi connectivity index (χ1v) is 7.09. The van der Waals surface area contributed by atoms with Crippen molar-refractivity contribution in [3.8, 4) is 5.75 Å². The van der Waals surface area contributed by atoms with Crippen LogP contribution >= 0.6 is 0 Å². The molecule has 1 saturated heterocycles. The van der Waals surface area contributed by atoms with Crippen LogP contribution in [-0.2, 0) is 0 Å². The summed E-state index contributed by atoms with van der Waals surface area (Å²) in [5.74, 6) is 0.565. The van der Waals surface area contributed by atoms with Gasteiger partial charge in [-0.05, 0) is 56.5 Å². The van der Waals surface area contributed by atoms with Crippen LogP contribution in [0.25, 0.3) is 0 Å². The van der Waals surface area contributed by atoms with Crippen LogP contribution in [0.4, 0.5) is 4.39 Å². The molecule has 0 atom stereocenters. The van der Waals surface area contributed by atoms with Crippen molar-refractivity contribution in [1.82, 2.24) is 4.90 Å². The van der Waals surface area contributed by atoms with E-state index < -0.39 is 0 Å². The summed E-state index contributed by atoms with van der Waals surface area (Å²) < 4.78 is 19.1. The van der Waals surface area contributed by atoms with Crippen LogP contribution < -0.4 is 10.5 Å². The quantitative estimate of drug-likeness (QED) is 0.889. The monoisotopic (exact) mass is 266 g/mol.